The van der Waals surface area contributed by atoms with E-state index in [0.29, 0.717) is 16.9 Å². The minimum atomic E-state index is -0.0956. The van der Waals surface area contributed by atoms with E-state index >= 15 is 0 Å². The maximum Gasteiger partial charge on any atom is 0.161 e. The number of ketones is 1. The summed E-state index contributed by atoms with van der Waals surface area (Å²) >= 11 is 0. The molecule has 0 N–H and O–H groups in total. The van der Waals surface area contributed by atoms with Crippen LogP contribution in [0.15, 0.2) is 12.1 Å². The number of aryl methyl sites for hydroxylation is 1. The Bertz CT molecular complexity index is 416. The van der Waals surface area contributed by atoms with Crippen molar-refractivity contribution in [2.24, 2.45) is 0 Å². The number of benzene rings is 1. The minimum absolute atomic E-state index is 0.0956. The first-order valence-electron chi connectivity index (χ1n) is 4.19. The second-order valence-electron chi connectivity index (χ2n) is 3.03. The molecule has 0 atom stereocenters. The summed E-state index contributed by atoms with van der Waals surface area (Å²) in [4.78, 5) is 11.3. The Hall–Kier alpha value is -1.82. The Kier molecular flexibility index (Phi) is 2.88. The van der Waals surface area contributed by atoms with Crippen LogP contribution < -0.4 is 4.74 Å². The second-order valence-corrected chi connectivity index (χ2v) is 3.03. The van der Waals surface area contributed by atoms with Crippen LogP contribution in [0.4, 0.5) is 0 Å². The molecular formula is C11H11NO2. The molecule has 0 aromatic heterocycles. The van der Waals surface area contributed by atoms with E-state index in [4.69, 9.17) is 10.00 Å². The summed E-state index contributed by atoms with van der Waals surface area (Å²) in [5, 5.41) is 8.85. The van der Waals surface area contributed by atoms with Gasteiger partial charge < -0.3 is 4.74 Å². The molecule has 0 amide bonds. The molecule has 0 heterocycles. The Morgan fingerprint density at radius 2 is 2.14 bits per heavy atom. The van der Waals surface area contributed by atoms with Crippen molar-refractivity contribution in [2.45, 2.75) is 13.8 Å². The van der Waals surface area contributed by atoms with Gasteiger partial charge in [-0.1, -0.05) is 0 Å². The van der Waals surface area contributed by atoms with Crippen molar-refractivity contribution in [1.82, 2.24) is 0 Å². The number of Topliss-reactive ketones (excluding diaryl/α,β-unsaturated/α-hetero) is 1. The fraction of sp³-hybridized carbons (Fsp3) is 0.273. The van der Waals surface area contributed by atoms with Gasteiger partial charge in [0, 0.05) is 5.56 Å². The molecule has 1 aromatic rings. The van der Waals surface area contributed by atoms with Crippen molar-refractivity contribution in [2.75, 3.05) is 7.11 Å². The quantitative estimate of drug-likeness (QED) is 0.669. The zero-order valence-electron chi connectivity index (χ0n) is 8.42. The number of nitriles is 1. The number of hydrogen-bond acceptors (Lipinski definition) is 3. The van der Waals surface area contributed by atoms with Gasteiger partial charge in [-0.3, -0.25) is 4.79 Å². The molecule has 0 saturated carbocycles. The molecule has 0 spiro atoms. The van der Waals surface area contributed by atoms with Crippen molar-refractivity contribution in [3.05, 3.63) is 28.8 Å². The lowest BCUT2D eigenvalue weighted by Gasteiger charge is -2.07. The predicted molar refractivity (Wildman–Crippen MR) is 52.5 cm³/mol. The summed E-state index contributed by atoms with van der Waals surface area (Å²) in [5.74, 6) is 0.505. The van der Waals surface area contributed by atoms with E-state index in [1.54, 1.807) is 19.1 Å². The van der Waals surface area contributed by atoms with E-state index in [9.17, 15) is 4.79 Å². The molecule has 0 unspecified atom stereocenters. The van der Waals surface area contributed by atoms with Crippen LogP contribution in [0, 0.1) is 18.3 Å². The molecule has 72 valence electrons. The highest BCUT2D eigenvalue weighted by Crippen LogP contribution is 2.21. The number of carbonyl (C=O) groups is 1. The normalized spacial score (nSPS) is 9.29. The van der Waals surface area contributed by atoms with Crippen LogP contribution in [0.2, 0.25) is 0 Å². The van der Waals surface area contributed by atoms with Gasteiger partial charge in [0.2, 0.25) is 0 Å². The summed E-state index contributed by atoms with van der Waals surface area (Å²) in [7, 11) is 1.53. The first-order valence-corrected chi connectivity index (χ1v) is 4.19. The van der Waals surface area contributed by atoms with Gasteiger partial charge in [-0.25, -0.2) is 0 Å². The van der Waals surface area contributed by atoms with Crippen molar-refractivity contribution >= 4 is 5.78 Å². The van der Waals surface area contributed by atoms with Crippen LogP contribution in [-0.4, -0.2) is 12.9 Å². The largest absolute Gasteiger partial charge is 0.497 e. The van der Waals surface area contributed by atoms with E-state index in [0.717, 1.165) is 5.56 Å². The van der Waals surface area contributed by atoms with Crippen molar-refractivity contribution in [1.29, 1.82) is 5.26 Å². The van der Waals surface area contributed by atoms with Gasteiger partial charge in [0.05, 0.1) is 12.7 Å². The van der Waals surface area contributed by atoms with E-state index in [1.807, 2.05) is 6.07 Å². The van der Waals surface area contributed by atoms with Gasteiger partial charge in [0.15, 0.2) is 5.78 Å². The summed E-state index contributed by atoms with van der Waals surface area (Å²) in [6, 6.07) is 5.31. The number of carbonyl (C=O) groups excluding carboxylic acids is 1. The molecule has 0 bridgehead atoms. The Labute approximate surface area is 82.9 Å². The van der Waals surface area contributed by atoms with Crippen LogP contribution in [0.3, 0.4) is 0 Å². The molecule has 0 aliphatic carbocycles. The zero-order chi connectivity index (χ0) is 10.7. The predicted octanol–water partition coefficient (Wildman–Crippen LogP) is 2.08. The van der Waals surface area contributed by atoms with E-state index in [1.165, 1.54) is 14.0 Å². The molecule has 0 saturated heterocycles. The van der Waals surface area contributed by atoms with Crippen molar-refractivity contribution < 1.29 is 9.53 Å². The lowest BCUT2D eigenvalue weighted by molar-refractivity contribution is 0.101. The third kappa shape index (κ3) is 1.74. The number of hydrogen-bond donors (Lipinski definition) is 0. The summed E-state index contributed by atoms with van der Waals surface area (Å²) in [6.07, 6.45) is 0. The lowest BCUT2D eigenvalue weighted by atomic mass is 9.99. The molecule has 0 aliphatic heterocycles. The minimum Gasteiger partial charge on any atom is -0.497 e. The Morgan fingerprint density at radius 1 is 1.50 bits per heavy atom. The molecule has 0 aliphatic rings. The maximum absolute atomic E-state index is 11.3. The molecule has 3 nitrogen and oxygen atoms in total. The second kappa shape index (κ2) is 3.93. The Morgan fingerprint density at radius 3 is 2.57 bits per heavy atom. The lowest BCUT2D eigenvalue weighted by Crippen LogP contribution is -2.01. The fourth-order valence-electron chi connectivity index (χ4n) is 1.43. The average molecular weight is 189 g/mol. The van der Waals surface area contributed by atoms with Gasteiger partial charge in [-0.15, -0.1) is 0 Å². The SMILES string of the molecule is COc1cc(C)c(C(C)=O)c(C#N)c1. The van der Waals surface area contributed by atoms with Crippen LogP contribution in [-0.2, 0) is 0 Å². The average Bonchev–Trinajstić information content (AvgIpc) is 2.15. The van der Waals surface area contributed by atoms with Crippen molar-refractivity contribution in [3.63, 3.8) is 0 Å². The number of ether oxygens (including phenoxy) is 1. The number of nitrogens with zero attached hydrogens (tertiary/aromatic N) is 1. The molecule has 3 heteroatoms. The van der Waals surface area contributed by atoms with E-state index in [-0.39, 0.29) is 5.78 Å². The molecule has 1 aromatic carbocycles. The first-order chi connectivity index (χ1) is 6.60. The topological polar surface area (TPSA) is 50.1 Å². The smallest absolute Gasteiger partial charge is 0.161 e. The highest BCUT2D eigenvalue weighted by atomic mass is 16.5. The fourth-order valence-corrected chi connectivity index (χ4v) is 1.43. The van der Waals surface area contributed by atoms with Crippen LogP contribution in [0.5, 0.6) is 5.75 Å². The van der Waals surface area contributed by atoms with Gasteiger partial charge >= 0.3 is 0 Å². The number of methoxy groups -OCH3 is 1. The van der Waals surface area contributed by atoms with E-state index < -0.39 is 0 Å². The Balaban J connectivity index is 3.44. The molecule has 0 fully saturated rings. The molecule has 0 radical (unpaired) electrons. The standard InChI is InChI=1S/C11H11NO2/c1-7-4-10(14-3)5-9(6-12)11(7)8(2)13/h4-5H,1-3H3. The summed E-state index contributed by atoms with van der Waals surface area (Å²) < 4.78 is 5.01. The van der Waals surface area contributed by atoms with E-state index in [2.05, 4.69) is 0 Å². The highest BCUT2D eigenvalue weighted by Gasteiger charge is 2.11. The van der Waals surface area contributed by atoms with Gasteiger partial charge in [0.25, 0.3) is 0 Å². The van der Waals surface area contributed by atoms with Crippen LogP contribution in [0.25, 0.3) is 0 Å². The molecule has 1 rings (SSSR count). The monoisotopic (exact) mass is 189 g/mol. The van der Waals surface area contributed by atoms with Crippen LogP contribution >= 0.6 is 0 Å². The van der Waals surface area contributed by atoms with Gasteiger partial charge in [-0.2, -0.15) is 5.26 Å². The number of rotatable bonds is 2. The van der Waals surface area contributed by atoms with Crippen LogP contribution in [0.1, 0.15) is 28.4 Å². The summed E-state index contributed by atoms with van der Waals surface area (Å²) in [6.45, 7) is 3.25. The van der Waals surface area contributed by atoms with Gasteiger partial charge in [-0.05, 0) is 31.5 Å². The molecular weight excluding hydrogens is 178 g/mol. The third-order valence-electron chi connectivity index (χ3n) is 2.02. The third-order valence-corrected chi connectivity index (χ3v) is 2.02. The van der Waals surface area contributed by atoms with Crippen molar-refractivity contribution in [3.8, 4) is 11.8 Å². The highest BCUT2D eigenvalue weighted by molar-refractivity contribution is 5.98. The first kappa shape index (κ1) is 10.3. The zero-order valence-corrected chi connectivity index (χ0v) is 8.42. The molecule has 14 heavy (non-hydrogen) atoms. The maximum atomic E-state index is 11.3. The van der Waals surface area contributed by atoms with Gasteiger partial charge in [0.1, 0.15) is 11.8 Å². The summed E-state index contributed by atoms with van der Waals surface area (Å²) in [5.41, 5.74) is 1.62.